The summed E-state index contributed by atoms with van der Waals surface area (Å²) in [6.45, 7) is 1.29. The summed E-state index contributed by atoms with van der Waals surface area (Å²) in [7, 11) is 0. The number of fused-ring (bicyclic) bond motifs is 1. The van der Waals surface area contributed by atoms with Crippen LogP contribution in [0.3, 0.4) is 0 Å². The van der Waals surface area contributed by atoms with E-state index in [0.717, 1.165) is 5.39 Å². The van der Waals surface area contributed by atoms with E-state index in [1.54, 1.807) is 19.1 Å². The molecular formula is C18H14FNO4. The lowest BCUT2D eigenvalue weighted by molar-refractivity contribution is -0.119. The number of carbonyl (C=O) groups excluding carboxylic acids is 2. The van der Waals surface area contributed by atoms with Crippen LogP contribution in [-0.4, -0.2) is 18.5 Å². The zero-order valence-electron chi connectivity index (χ0n) is 12.8. The first-order chi connectivity index (χ1) is 11.5. The predicted octanol–water partition coefficient (Wildman–Crippen LogP) is 3.68. The minimum absolute atomic E-state index is 0.0748. The lowest BCUT2D eigenvalue weighted by Gasteiger charge is -2.06. The van der Waals surface area contributed by atoms with E-state index in [0.29, 0.717) is 16.8 Å². The van der Waals surface area contributed by atoms with Gasteiger partial charge in [-0.2, -0.15) is 0 Å². The molecule has 3 rings (SSSR count). The second-order valence-electron chi connectivity index (χ2n) is 5.18. The first-order valence-corrected chi connectivity index (χ1v) is 7.25. The standard InChI is InChI=1S/C18H14FNO4/c1-11-14-4-2-3-5-15(14)24-17(11)18(22)23-10-16(21)20-13-8-6-12(19)7-9-13/h2-9H,10H2,1H3,(H,20,21). The number of para-hydroxylation sites is 1. The quantitative estimate of drug-likeness (QED) is 0.742. The van der Waals surface area contributed by atoms with Crippen molar-refractivity contribution in [2.45, 2.75) is 6.92 Å². The number of amides is 1. The second-order valence-corrected chi connectivity index (χ2v) is 5.18. The Bertz CT molecular complexity index is 899. The van der Waals surface area contributed by atoms with Gasteiger partial charge in [0.2, 0.25) is 5.76 Å². The van der Waals surface area contributed by atoms with Crippen LogP contribution in [0.1, 0.15) is 16.1 Å². The van der Waals surface area contributed by atoms with E-state index in [4.69, 9.17) is 9.15 Å². The Morgan fingerprint density at radius 1 is 1.12 bits per heavy atom. The van der Waals surface area contributed by atoms with Gasteiger partial charge in [0.1, 0.15) is 11.4 Å². The van der Waals surface area contributed by atoms with Crippen LogP contribution in [0.25, 0.3) is 11.0 Å². The highest BCUT2D eigenvalue weighted by atomic mass is 19.1. The molecule has 0 aliphatic heterocycles. The zero-order chi connectivity index (χ0) is 17.1. The van der Waals surface area contributed by atoms with E-state index in [1.165, 1.54) is 24.3 Å². The zero-order valence-corrected chi connectivity index (χ0v) is 12.8. The van der Waals surface area contributed by atoms with Gasteiger partial charge in [0, 0.05) is 16.6 Å². The Balaban J connectivity index is 1.63. The average molecular weight is 327 g/mol. The van der Waals surface area contributed by atoms with Gasteiger partial charge in [-0.15, -0.1) is 0 Å². The highest BCUT2D eigenvalue weighted by Crippen LogP contribution is 2.25. The molecule has 6 heteroatoms. The molecule has 0 fully saturated rings. The third-order valence-corrected chi connectivity index (χ3v) is 3.49. The summed E-state index contributed by atoms with van der Waals surface area (Å²) in [6.07, 6.45) is 0. The normalized spacial score (nSPS) is 10.6. The van der Waals surface area contributed by atoms with Crippen LogP contribution < -0.4 is 5.32 Å². The number of nitrogens with one attached hydrogen (secondary N) is 1. The van der Waals surface area contributed by atoms with Gasteiger partial charge in [0.25, 0.3) is 5.91 Å². The topological polar surface area (TPSA) is 68.5 Å². The van der Waals surface area contributed by atoms with Crippen molar-refractivity contribution in [1.29, 1.82) is 0 Å². The van der Waals surface area contributed by atoms with Crippen molar-refractivity contribution in [3.63, 3.8) is 0 Å². The molecule has 0 radical (unpaired) electrons. The number of halogens is 1. The molecule has 5 nitrogen and oxygen atoms in total. The van der Waals surface area contributed by atoms with Crippen LogP contribution in [0.15, 0.2) is 52.9 Å². The van der Waals surface area contributed by atoms with Gasteiger partial charge in [-0.25, -0.2) is 9.18 Å². The van der Waals surface area contributed by atoms with E-state index in [-0.39, 0.29) is 5.76 Å². The van der Waals surface area contributed by atoms with E-state index in [9.17, 15) is 14.0 Å². The second kappa shape index (κ2) is 6.54. The van der Waals surface area contributed by atoms with Crippen molar-refractivity contribution in [2.75, 3.05) is 11.9 Å². The van der Waals surface area contributed by atoms with Gasteiger partial charge >= 0.3 is 5.97 Å². The minimum Gasteiger partial charge on any atom is -0.450 e. The maximum Gasteiger partial charge on any atom is 0.375 e. The lowest BCUT2D eigenvalue weighted by Crippen LogP contribution is -2.21. The van der Waals surface area contributed by atoms with Crippen molar-refractivity contribution in [3.05, 3.63) is 65.7 Å². The van der Waals surface area contributed by atoms with Crippen LogP contribution in [0, 0.1) is 12.7 Å². The monoisotopic (exact) mass is 327 g/mol. The molecule has 1 amide bonds. The molecule has 0 spiro atoms. The molecule has 3 aromatic rings. The molecule has 1 heterocycles. The van der Waals surface area contributed by atoms with Crippen molar-refractivity contribution in [2.24, 2.45) is 0 Å². The SMILES string of the molecule is Cc1c(C(=O)OCC(=O)Nc2ccc(F)cc2)oc2ccccc12. The third kappa shape index (κ3) is 3.27. The number of hydrogen-bond donors (Lipinski definition) is 1. The maximum atomic E-state index is 12.8. The fourth-order valence-corrected chi connectivity index (χ4v) is 2.30. The van der Waals surface area contributed by atoms with E-state index in [1.807, 2.05) is 12.1 Å². The molecular weight excluding hydrogens is 313 g/mol. The third-order valence-electron chi connectivity index (χ3n) is 3.49. The van der Waals surface area contributed by atoms with Crippen LogP contribution in [-0.2, 0) is 9.53 Å². The van der Waals surface area contributed by atoms with Crippen LogP contribution >= 0.6 is 0 Å². The molecule has 0 saturated carbocycles. The van der Waals surface area contributed by atoms with Gasteiger partial charge < -0.3 is 14.5 Å². The molecule has 0 aliphatic rings. The highest BCUT2D eigenvalue weighted by molar-refractivity contribution is 5.98. The van der Waals surface area contributed by atoms with Gasteiger partial charge in [-0.05, 0) is 37.3 Å². The van der Waals surface area contributed by atoms with Crippen molar-refractivity contribution in [1.82, 2.24) is 0 Å². The van der Waals surface area contributed by atoms with Gasteiger partial charge in [-0.1, -0.05) is 18.2 Å². The number of rotatable bonds is 4. The fourth-order valence-electron chi connectivity index (χ4n) is 2.30. The van der Waals surface area contributed by atoms with Gasteiger partial charge in [0.15, 0.2) is 6.61 Å². The number of benzene rings is 2. The highest BCUT2D eigenvalue weighted by Gasteiger charge is 2.19. The molecule has 2 aromatic carbocycles. The molecule has 24 heavy (non-hydrogen) atoms. The number of furan rings is 1. The molecule has 1 aromatic heterocycles. The summed E-state index contributed by atoms with van der Waals surface area (Å²) in [6, 6.07) is 12.5. The Hall–Kier alpha value is -3.15. The largest absolute Gasteiger partial charge is 0.450 e. The number of esters is 1. The molecule has 0 bridgehead atoms. The predicted molar refractivity (Wildman–Crippen MR) is 86.3 cm³/mol. The Morgan fingerprint density at radius 2 is 1.83 bits per heavy atom. The summed E-state index contributed by atoms with van der Waals surface area (Å²) in [4.78, 5) is 23.9. The van der Waals surface area contributed by atoms with Gasteiger partial charge in [-0.3, -0.25) is 4.79 Å². The molecule has 122 valence electrons. The van der Waals surface area contributed by atoms with Crippen LogP contribution in [0.2, 0.25) is 0 Å². The number of hydrogen-bond acceptors (Lipinski definition) is 4. The summed E-state index contributed by atoms with van der Waals surface area (Å²) >= 11 is 0. The van der Waals surface area contributed by atoms with Crippen molar-refractivity contribution >= 4 is 28.5 Å². The lowest BCUT2D eigenvalue weighted by atomic mass is 10.1. The van der Waals surface area contributed by atoms with Crippen molar-refractivity contribution in [3.8, 4) is 0 Å². The first kappa shape index (κ1) is 15.7. The van der Waals surface area contributed by atoms with Crippen LogP contribution in [0.5, 0.6) is 0 Å². The Labute approximate surface area is 137 Å². The Morgan fingerprint density at radius 3 is 2.54 bits per heavy atom. The first-order valence-electron chi connectivity index (χ1n) is 7.25. The molecule has 0 atom stereocenters. The summed E-state index contributed by atoms with van der Waals surface area (Å²) in [5.74, 6) is -1.56. The summed E-state index contributed by atoms with van der Waals surface area (Å²) in [5, 5.41) is 3.32. The van der Waals surface area contributed by atoms with Gasteiger partial charge in [0.05, 0.1) is 0 Å². The smallest absolute Gasteiger partial charge is 0.375 e. The van der Waals surface area contributed by atoms with Crippen LogP contribution in [0.4, 0.5) is 10.1 Å². The summed E-state index contributed by atoms with van der Waals surface area (Å²) < 4.78 is 23.3. The average Bonchev–Trinajstić information content (AvgIpc) is 2.92. The number of ether oxygens (including phenoxy) is 1. The molecule has 0 aliphatic carbocycles. The minimum atomic E-state index is -0.710. The van der Waals surface area contributed by atoms with E-state index < -0.39 is 24.3 Å². The van der Waals surface area contributed by atoms with Crippen molar-refractivity contribution < 1.29 is 23.1 Å². The number of aryl methyl sites for hydroxylation is 1. The number of anilines is 1. The molecule has 0 saturated heterocycles. The molecule has 0 unspecified atom stereocenters. The maximum absolute atomic E-state index is 12.8. The van der Waals surface area contributed by atoms with E-state index in [2.05, 4.69) is 5.32 Å². The summed E-state index contributed by atoms with van der Waals surface area (Å²) in [5.41, 5.74) is 1.66. The Kier molecular flexibility index (Phi) is 4.29. The fraction of sp³-hybridized carbons (Fsp3) is 0.111. The van der Waals surface area contributed by atoms with E-state index >= 15 is 0 Å². The molecule has 1 N–H and O–H groups in total. The number of carbonyl (C=O) groups is 2.